The van der Waals surface area contributed by atoms with Gasteiger partial charge in [-0.3, -0.25) is 9.78 Å². The topological polar surface area (TPSA) is 42.0 Å². The third-order valence-corrected chi connectivity index (χ3v) is 3.60. The molecule has 1 unspecified atom stereocenters. The third-order valence-electron chi connectivity index (χ3n) is 3.27. The number of carbonyl (C=O) groups is 1. The molecule has 1 N–H and O–H groups in total. The van der Waals surface area contributed by atoms with Crippen LogP contribution in [0.2, 0.25) is 5.02 Å². The Kier molecular flexibility index (Phi) is 5.62. The molecule has 1 amide bonds. The zero-order valence-corrected chi connectivity index (χ0v) is 13.4. The zero-order chi connectivity index (χ0) is 17.7. The van der Waals surface area contributed by atoms with Crippen LogP contribution in [0.1, 0.15) is 29.7 Å². The Labute approximate surface area is 142 Å². The number of alkyl halides is 3. The molecular formula is C17H14ClF3N2O. The molecule has 3 nitrogen and oxygen atoms in total. The van der Waals surface area contributed by atoms with Crippen LogP contribution in [-0.4, -0.2) is 10.9 Å². The van der Waals surface area contributed by atoms with Crippen molar-refractivity contribution in [1.29, 1.82) is 0 Å². The van der Waals surface area contributed by atoms with Crippen molar-refractivity contribution in [3.8, 4) is 0 Å². The first-order valence-corrected chi connectivity index (χ1v) is 7.40. The Bertz CT molecular complexity index is 745. The minimum atomic E-state index is -4.54. The van der Waals surface area contributed by atoms with Crippen LogP contribution in [-0.2, 0) is 11.0 Å². The van der Waals surface area contributed by atoms with Crippen molar-refractivity contribution in [2.45, 2.75) is 19.1 Å². The maximum Gasteiger partial charge on any atom is 0.417 e. The van der Waals surface area contributed by atoms with E-state index in [-0.39, 0.29) is 16.6 Å². The summed E-state index contributed by atoms with van der Waals surface area (Å²) in [5.74, 6) is -0.421. The van der Waals surface area contributed by atoms with Crippen molar-refractivity contribution in [2.75, 3.05) is 0 Å². The van der Waals surface area contributed by atoms with Crippen LogP contribution >= 0.6 is 11.6 Å². The molecule has 126 valence electrons. The summed E-state index contributed by atoms with van der Waals surface area (Å²) in [4.78, 5) is 15.8. The van der Waals surface area contributed by atoms with Crippen LogP contribution in [0.3, 0.4) is 0 Å². The maximum absolute atomic E-state index is 12.8. The number of hydrogen-bond acceptors (Lipinski definition) is 2. The number of hydrogen-bond donors (Lipinski definition) is 1. The van der Waals surface area contributed by atoms with Crippen molar-refractivity contribution in [3.63, 3.8) is 0 Å². The van der Waals surface area contributed by atoms with E-state index < -0.39 is 17.6 Å². The standard InChI is InChI=1S/C17H14ClF3N2O/c1-11(13-3-2-8-22-10-13)23-16(24)7-5-12-4-6-15(18)14(9-12)17(19,20)21/h2-11H,1H3,(H,23,24)/b7-5+. The SMILES string of the molecule is CC(NC(=O)/C=C/c1ccc(Cl)c(C(F)(F)F)c1)c1cccnc1. The lowest BCUT2D eigenvalue weighted by Gasteiger charge is -2.12. The fourth-order valence-corrected chi connectivity index (χ4v) is 2.24. The molecule has 0 bridgehead atoms. The van der Waals surface area contributed by atoms with E-state index in [1.54, 1.807) is 25.4 Å². The summed E-state index contributed by atoms with van der Waals surface area (Å²) in [6.45, 7) is 1.78. The molecule has 1 atom stereocenters. The quantitative estimate of drug-likeness (QED) is 0.812. The highest BCUT2D eigenvalue weighted by Gasteiger charge is 2.33. The summed E-state index contributed by atoms with van der Waals surface area (Å²) in [6.07, 6.45) is 1.19. The lowest BCUT2D eigenvalue weighted by molar-refractivity contribution is -0.137. The lowest BCUT2D eigenvalue weighted by atomic mass is 10.1. The highest BCUT2D eigenvalue weighted by molar-refractivity contribution is 6.31. The summed E-state index contributed by atoms with van der Waals surface area (Å²) >= 11 is 5.55. The maximum atomic E-state index is 12.8. The summed E-state index contributed by atoms with van der Waals surface area (Å²) in [5.41, 5.74) is 0.122. The highest BCUT2D eigenvalue weighted by Crippen LogP contribution is 2.35. The van der Waals surface area contributed by atoms with E-state index in [1.165, 1.54) is 18.2 Å². The number of carbonyl (C=O) groups excluding carboxylic acids is 1. The highest BCUT2D eigenvalue weighted by atomic mass is 35.5. The molecule has 2 aromatic rings. The van der Waals surface area contributed by atoms with Gasteiger partial charge >= 0.3 is 6.18 Å². The minimum absolute atomic E-state index is 0.232. The van der Waals surface area contributed by atoms with Crippen LogP contribution in [0, 0.1) is 0 Å². The summed E-state index contributed by atoms with van der Waals surface area (Å²) in [6, 6.07) is 6.76. The van der Waals surface area contributed by atoms with Gasteiger partial charge in [0.25, 0.3) is 0 Å². The largest absolute Gasteiger partial charge is 0.417 e. The molecule has 0 aliphatic heterocycles. The van der Waals surface area contributed by atoms with Gasteiger partial charge in [-0.05, 0) is 42.3 Å². The van der Waals surface area contributed by atoms with Crippen molar-refractivity contribution in [2.24, 2.45) is 0 Å². The number of nitrogens with zero attached hydrogens (tertiary/aromatic N) is 1. The molecule has 0 spiro atoms. The fourth-order valence-electron chi connectivity index (χ4n) is 2.01. The van der Waals surface area contributed by atoms with Gasteiger partial charge in [0.15, 0.2) is 0 Å². The molecule has 1 heterocycles. The predicted molar refractivity (Wildman–Crippen MR) is 86.3 cm³/mol. The Hall–Kier alpha value is -2.34. The molecule has 0 saturated carbocycles. The second-order valence-corrected chi connectivity index (χ2v) is 5.49. The monoisotopic (exact) mass is 354 g/mol. The molecular weight excluding hydrogens is 341 g/mol. The zero-order valence-electron chi connectivity index (χ0n) is 12.6. The van der Waals surface area contributed by atoms with Gasteiger partial charge in [0.1, 0.15) is 0 Å². The Balaban J connectivity index is 2.07. The molecule has 0 aliphatic rings. The molecule has 24 heavy (non-hydrogen) atoms. The van der Waals surface area contributed by atoms with E-state index in [0.29, 0.717) is 0 Å². The summed E-state index contributed by atoms with van der Waals surface area (Å²) < 4.78 is 38.4. The molecule has 1 aromatic heterocycles. The molecule has 0 aliphatic carbocycles. The molecule has 2 rings (SSSR count). The van der Waals surface area contributed by atoms with Crippen LogP contribution in [0.15, 0.2) is 48.8 Å². The van der Waals surface area contributed by atoms with Crippen LogP contribution in [0.25, 0.3) is 6.08 Å². The van der Waals surface area contributed by atoms with E-state index in [9.17, 15) is 18.0 Å². The van der Waals surface area contributed by atoms with Gasteiger partial charge in [-0.15, -0.1) is 0 Å². The fraction of sp³-hybridized carbons (Fsp3) is 0.176. The van der Waals surface area contributed by atoms with E-state index >= 15 is 0 Å². The number of pyridine rings is 1. The Morgan fingerprint density at radius 3 is 2.71 bits per heavy atom. The van der Waals surface area contributed by atoms with Crippen molar-refractivity contribution in [3.05, 3.63) is 70.5 Å². The average molecular weight is 355 g/mol. The van der Waals surface area contributed by atoms with Gasteiger partial charge in [-0.25, -0.2) is 0 Å². The van der Waals surface area contributed by atoms with Crippen LogP contribution < -0.4 is 5.32 Å². The number of amides is 1. The number of nitrogens with one attached hydrogen (secondary N) is 1. The first-order chi connectivity index (χ1) is 11.3. The Morgan fingerprint density at radius 1 is 1.33 bits per heavy atom. The third kappa shape index (κ3) is 4.83. The van der Waals surface area contributed by atoms with Gasteiger partial charge in [0.05, 0.1) is 16.6 Å². The van der Waals surface area contributed by atoms with E-state index in [4.69, 9.17) is 11.6 Å². The molecule has 0 radical (unpaired) electrons. The van der Waals surface area contributed by atoms with Gasteiger partial charge in [0.2, 0.25) is 5.91 Å². The number of halogens is 4. The normalized spacial score (nSPS) is 13.0. The van der Waals surface area contributed by atoms with Gasteiger partial charge in [0, 0.05) is 18.5 Å². The van der Waals surface area contributed by atoms with E-state index in [0.717, 1.165) is 17.7 Å². The van der Waals surface area contributed by atoms with Gasteiger partial charge in [-0.2, -0.15) is 13.2 Å². The minimum Gasteiger partial charge on any atom is -0.346 e. The van der Waals surface area contributed by atoms with Crippen LogP contribution in [0.4, 0.5) is 13.2 Å². The molecule has 0 saturated heterocycles. The van der Waals surface area contributed by atoms with Crippen molar-refractivity contribution in [1.82, 2.24) is 10.3 Å². The van der Waals surface area contributed by atoms with Crippen molar-refractivity contribution < 1.29 is 18.0 Å². The molecule has 1 aromatic carbocycles. The van der Waals surface area contributed by atoms with Gasteiger partial charge < -0.3 is 5.32 Å². The first kappa shape index (κ1) is 18.0. The van der Waals surface area contributed by atoms with Gasteiger partial charge in [-0.1, -0.05) is 23.7 Å². The summed E-state index contributed by atoms with van der Waals surface area (Å²) in [7, 11) is 0. The first-order valence-electron chi connectivity index (χ1n) is 7.02. The predicted octanol–water partition coefficient (Wildman–Crippen LogP) is 4.64. The second kappa shape index (κ2) is 7.49. The number of benzene rings is 1. The smallest absolute Gasteiger partial charge is 0.346 e. The van der Waals surface area contributed by atoms with E-state index in [1.807, 2.05) is 6.07 Å². The number of rotatable bonds is 4. The second-order valence-electron chi connectivity index (χ2n) is 5.09. The molecule has 0 fully saturated rings. The van der Waals surface area contributed by atoms with E-state index in [2.05, 4.69) is 10.3 Å². The van der Waals surface area contributed by atoms with Crippen molar-refractivity contribution >= 4 is 23.6 Å². The Morgan fingerprint density at radius 2 is 2.08 bits per heavy atom. The lowest BCUT2D eigenvalue weighted by Crippen LogP contribution is -2.24. The number of aromatic nitrogens is 1. The molecule has 7 heteroatoms. The average Bonchev–Trinajstić information content (AvgIpc) is 2.53. The summed E-state index contributed by atoms with van der Waals surface area (Å²) in [5, 5.41) is 2.33. The van der Waals surface area contributed by atoms with Crippen LogP contribution in [0.5, 0.6) is 0 Å².